The summed E-state index contributed by atoms with van der Waals surface area (Å²) in [6.07, 6.45) is 1.73. The molecule has 0 bridgehead atoms. The fourth-order valence-electron chi connectivity index (χ4n) is 0.960. The molecule has 0 saturated heterocycles. The Kier molecular flexibility index (Phi) is 11.7. The van der Waals surface area contributed by atoms with Gasteiger partial charge in [-0.15, -0.1) is 0 Å². The van der Waals surface area contributed by atoms with Gasteiger partial charge in [0.15, 0.2) is 0 Å². The molecule has 0 aliphatic rings. The van der Waals surface area contributed by atoms with Gasteiger partial charge in [-0.25, -0.2) is 0 Å². The predicted octanol–water partition coefficient (Wildman–Crippen LogP) is 3.70. The van der Waals surface area contributed by atoms with Gasteiger partial charge in [0, 0.05) is 38.1 Å². The van der Waals surface area contributed by atoms with Crippen molar-refractivity contribution in [2.75, 3.05) is 0 Å². The Hall–Kier alpha value is -0.00610. The van der Waals surface area contributed by atoms with E-state index in [1.165, 1.54) is 0 Å². The fraction of sp³-hybridized carbons (Fsp3) is 0.429. The van der Waals surface area contributed by atoms with Crippen LogP contribution in [0.3, 0.4) is 0 Å². The molecule has 0 saturated carbocycles. The first-order valence-electron chi connectivity index (χ1n) is 5.22. The van der Waals surface area contributed by atoms with Gasteiger partial charge < -0.3 is 6.92 Å². The smallest absolute Gasteiger partial charge is 0.135 e. The van der Waals surface area contributed by atoms with Crippen molar-refractivity contribution >= 4 is 5.78 Å². The van der Waals surface area contributed by atoms with E-state index in [0.29, 0.717) is 0 Å². The average molecular weight is 293 g/mol. The van der Waals surface area contributed by atoms with Crippen molar-refractivity contribution in [2.45, 2.75) is 33.6 Å². The number of hydrogen-bond donors (Lipinski definition) is 0. The molecule has 0 fully saturated rings. The van der Waals surface area contributed by atoms with Gasteiger partial charge in [0.1, 0.15) is 5.78 Å². The van der Waals surface area contributed by atoms with Crippen LogP contribution >= 0.6 is 0 Å². The number of Topliss-reactive ketones (excluding diaryl/α,β-unsaturated/α-hetero) is 1. The second kappa shape index (κ2) is 10.2. The molecule has 1 aromatic carbocycles. The molecule has 0 spiro atoms. The van der Waals surface area contributed by atoms with Crippen LogP contribution in [0, 0.1) is 18.4 Å². The van der Waals surface area contributed by atoms with E-state index in [1.54, 1.807) is 6.92 Å². The summed E-state index contributed by atoms with van der Waals surface area (Å²) in [7, 11) is 0. The van der Waals surface area contributed by atoms with Crippen LogP contribution in [0.5, 0.6) is 0 Å². The van der Waals surface area contributed by atoms with Crippen LogP contribution in [-0.2, 0) is 37.5 Å². The SMILES string of the molecule is [CH2-]CCC(C)(C)C(C)=O.[Y].[c-]1ccccc1. The Morgan fingerprint density at radius 2 is 1.75 bits per heavy atom. The average Bonchev–Trinajstić information content (AvgIpc) is 2.21. The molecule has 1 radical (unpaired) electrons. The maximum Gasteiger partial charge on any atom is 0.135 e. The Morgan fingerprint density at radius 3 is 1.88 bits per heavy atom. The van der Waals surface area contributed by atoms with Gasteiger partial charge in [0.25, 0.3) is 0 Å². The summed E-state index contributed by atoms with van der Waals surface area (Å²) in [5.74, 6) is 0.256. The van der Waals surface area contributed by atoms with Gasteiger partial charge in [-0.2, -0.15) is 42.8 Å². The minimum atomic E-state index is -0.151. The molecule has 0 aliphatic heterocycles. The molecular weight excluding hydrogens is 273 g/mol. The van der Waals surface area contributed by atoms with E-state index >= 15 is 0 Å². The van der Waals surface area contributed by atoms with Gasteiger partial charge in [0.2, 0.25) is 0 Å². The number of carbonyl (C=O) groups is 1. The first-order valence-corrected chi connectivity index (χ1v) is 5.22. The minimum Gasteiger partial charge on any atom is -0.343 e. The maximum absolute atomic E-state index is 10.8. The van der Waals surface area contributed by atoms with E-state index in [2.05, 4.69) is 13.0 Å². The van der Waals surface area contributed by atoms with Crippen LogP contribution in [0.2, 0.25) is 0 Å². The van der Waals surface area contributed by atoms with Gasteiger partial charge in [0.05, 0.1) is 0 Å². The summed E-state index contributed by atoms with van der Waals surface area (Å²) in [6.45, 7) is 9.25. The molecule has 0 atom stereocenters. The zero-order valence-corrected chi connectivity index (χ0v) is 13.3. The molecule has 2 heteroatoms. The zero-order valence-electron chi connectivity index (χ0n) is 10.5. The predicted molar refractivity (Wildman–Crippen MR) is 64.3 cm³/mol. The van der Waals surface area contributed by atoms with Crippen molar-refractivity contribution in [3.63, 3.8) is 0 Å². The van der Waals surface area contributed by atoms with Gasteiger partial charge in [-0.05, 0) is 6.92 Å². The van der Waals surface area contributed by atoms with E-state index < -0.39 is 0 Å². The quantitative estimate of drug-likeness (QED) is 0.777. The third-order valence-electron chi connectivity index (χ3n) is 2.36. The van der Waals surface area contributed by atoms with Crippen LogP contribution in [0.25, 0.3) is 0 Å². The third kappa shape index (κ3) is 9.24. The van der Waals surface area contributed by atoms with Crippen molar-refractivity contribution in [1.82, 2.24) is 0 Å². The fourth-order valence-corrected chi connectivity index (χ4v) is 0.960. The molecular formula is C14H20OY-2. The van der Waals surface area contributed by atoms with Crippen molar-refractivity contribution in [2.24, 2.45) is 5.41 Å². The van der Waals surface area contributed by atoms with E-state index in [1.807, 2.05) is 44.2 Å². The largest absolute Gasteiger partial charge is 0.343 e. The molecule has 0 heterocycles. The van der Waals surface area contributed by atoms with Crippen molar-refractivity contribution in [3.05, 3.63) is 43.3 Å². The molecule has 87 valence electrons. The first kappa shape index (κ1) is 18.4. The minimum absolute atomic E-state index is 0. The molecule has 0 aliphatic carbocycles. The third-order valence-corrected chi connectivity index (χ3v) is 2.36. The molecule has 1 aromatic rings. The van der Waals surface area contributed by atoms with E-state index in [4.69, 9.17) is 0 Å². The summed E-state index contributed by atoms with van der Waals surface area (Å²) in [6, 6.07) is 12.5. The van der Waals surface area contributed by atoms with Gasteiger partial charge >= 0.3 is 0 Å². The number of ketones is 1. The molecule has 0 aromatic heterocycles. The number of carbonyl (C=O) groups excluding carboxylic acids is 1. The summed E-state index contributed by atoms with van der Waals surface area (Å²) < 4.78 is 0. The topological polar surface area (TPSA) is 17.1 Å². The van der Waals surface area contributed by atoms with Crippen LogP contribution in [0.4, 0.5) is 0 Å². The van der Waals surface area contributed by atoms with Gasteiger partial charge in [-0.1, -0.05) is 20.3 Å². The Labute approximate surface area is 125 Å². The summed E-state index contributed by atoms with van der Waals surface area (Å²) in [5.41, 5.74) is -0.151. The van der Waals surface area contributed by atoms with Crippen LogP contribution in [-0.4, -0.2) is 5.78 Å². The Morgan fingerprint density at radius 1 is 1.25 bits per heavy atom. The molecule has 0 N–H and O–H groups in total. The number of benzene rings is 1. The molecule has 16 heavy (non-hydrogen) atoms. The van der Waals surface area contributed by atoms with Crippen LogP contribution in [0.1, 0.15) is 33.6 Å². The normalized spacial score (nSPS) is 9.50. The first-order chi connectivity index (χ1) is 7.00. The second-order valence-corrected chi connectivity index (χ2v) is 4.12. The molecule has 0 unspecified atom stereocenters. The van der Waals surface area contributed by atoms with Crippen LogP contribution < -0.4 is 0 Å². The van der Waals surface area contributed by atoms with Gasteiger partial charge in [-0.3, -0.25) is 4.79 Å². The number of hydrogen-bond acceptors (Lipinski definition) is 1. The Balaban J connectivity index is 0. The summed E-state index contributed by atoms with van der Waals surface area (Å²) in [4.78, 5) is 10.8. The molecule has 1 rings (SSSR count). The second-order valence-electron chi connectivity index (χ2n) is 4.12. The van der Waals surface area contributed by atoms with Crippen molar-refractivity contribution in [1.29, 1.82) is 0 Å². The summed E-state index contributed by atoms with van der Waals surface area (Å²) in [5, 5.41) is 0. The van der Waals surface area contributed by atoms with E-state index in [0.717, 1.165) is 12.8 Å². The zero-order chi connectivity index (χ0) is 11.7. The molecule has 0 amide bonds. The summed E-state index contributed by atoms with van der Waals surface area (Å²) >= 11 is 0. The van der Waals surface area contributed by atoms with Crippen LogP contribution in [0.15, 0.2) is 30.3 Å². The monoisotopic (exact) mass is 293 g/mol. The number of rotatable bonds is 3. The van der Waals surface area contributed by atoms with E-state index in [9.17, 15) is 4.79 Å². The van der Waals surface area contributed by atoms with Crippen molar-refractivity contribution < 1.29 is 37.5 Å². The van der Waals surface area contributed by atoms with Crippen molar-refractivity contribution in [3.8, 4) is 0 Å². The molecule has 1 nitrogen and oxygen atoms in total. The standard InChI is InChI=1S/C8H15O.C6H5.Y/c1-5-6-8(3,4)7(2)9;1-2-4-6-5-3-1;/h1,5-6H2,2-4H3;1-5H;/q2*-1;. The Bertz CT molecular complexity index is 241. The maximum atomic E-state index is 10.8. The van der Waals surface area contributed by atoms with E-state index in [-0.39, 0.29) is 43.9 Å².